The molecule has 1 aromatic rings. The summed E-state index contributed by atoms with van der Waals surface area (Å²) in [5.41, 5.74) is 6.87. The minimum Gasteiger partial charge on any atom is -0.338 e. The van der Waals surface area contributed by atoms with Gasteiger partial charge in [-0.25, -0.2) is 4.39 Å². The second-order valence-electron chi connectivity index (χ2n) is 5.56. The van der Waals surface area contributed by atoms with Gasteiger partial charge >= 0.3 is 0 Å². The molecule has 1 aromatic carbocycles. The van der Waals surface area contributed by atoms with Crippen LogP contribution in [0.25, 0.3) is 0 Å². The van der Waals surface area contributed by atoms with Gasteiger partial charge in [0.1, 0.15) is 5.82 Å². The zero-order valence-corrected chi connectivity index (χ0v) is 12.4. The number of nitrogens with zero attached hydrogens (tertiary/aromatic N) is 1. The SMILES string of the molecule is CC1CCC(=O)N(Cc2ccc(F)cc2C#CCN)CC1. The molecule has 0 aromatic heterocycles. The lowest BCUT2D eigenvalue weighted by atomic mass is 10.0. The van der Waals surface area contributed by atoms with E-state index in [1.54, 1.807) is 6.07 Å². The molecule has 0 saturated carbocycles. The van der Waals surface area contributed by atoms with E-state index in [9.17, 15) is 9.18 Å². The summed E-state index contributed by atoms with van der Waals surface area (Å²) < 4.78 is 13.4. The number of benzene rings is 1. The molecule has 2 N–H and O–H groups in total. The van der Waals surface area contributed by atoms with Gasteiger partial charge in [-0.3, -0.25) is 4.79 Å². The van der Waals surface area contributed by atoms with E-state index in [-0.39, 0.29) is 18.3 Å². The van der Waals surface area contributed by atoms with Gasteiger partial charge in [0.2, 0.25) is 5.91 Å². The van der Waals surface area contributed by atoms with E-state index in [1.165, 1.54) is 12.1 Å². The quantitative estimate of drug-likeness (QED) is 0.849. The van der Waals surface area contributed by atoms with Gasteiger partial charge in [-0.05, 0) is 36.5 Å². The van der Waals surface area contributed by atoms with Crippen LogP contribution in [0.3, 0.4) is 0 Å². The Labute approximate surface area is 125 Å². The van der Waals surface area contributed by atoms with Crippen LogP contribution in [0.15, 0.2) is 18.2 Å². The van der Waals surface area contributed by atoms with Crippen LogP contribution in [0.1, 0.15) is 37.3 Å². The molecule has 0 radical (unpaired) electrons. The molecule has 0 bridgehead atoms. The van der Waals surface area contributed by atoms with E-state index in [2.05, 4.69) is 18.8 Å². The Kier molecular flexibility index (Phi) is 5.35. The highest BCUT2D eigenvalue weighted by Gasteiger charge is 2.20. The van der Waals surface area contributed by atoms with Crippen molar-refractivity contribution in [1.29, 1.82) is 0 Å². The van der Waals surface area contributed by atoms with E-state index in [0.29, 0.717) is 24.4 Å². The van der Waals surface area contributed by atoms with Crippen molar-refractivity contribution in [3.63, 3.8) is 0 Å². The van der Waals surface area contributed by atoms with Crippen LogP contribution in [-0.2, 0) is 11.3 Å². The number of likely N-dealkylation sites (tertiary alicyclic amines) is 1. The Bertz CT molecular complexity index is 574. The summed E-state index contributed by atoms with van der Waals surface area (Å²) in [6.45, 7) is 3.64. The maximum absolute atomic E-state index is 13.4. The fraction of sp³-hybridized carbons (Fsp3) is 0.471. The highest BCUT2D eigenvalue weighted by molar-refractivity contribution is 5.76. The van der Waals surface area contributed by atoms with E-state index in [1.807, 2.05) is 4.90 Å². The standard InChI is InChI=1S/C17H21FN2O/c1-13-4-7-17(21)20(10-8-13)12-15-5-6-16(18)11-14(15)3-2-9-19/h5-6,11,13H,4,7-10,12,19H2,1H3. The number of hydrogen-bond donors (Lipinski definition) is 1. The number of hydrogen-bond acceptors (Lipinski definition) is 2. The first kappa shape index (κ1) is 15.5. The molecule has 1 atom stereocenters. The Morgan fingerprint density at radius 2 is 2.24 bits per heavy atom. The molecular formula is C17H21FN2O. The van der Waals surface area contributed by atoms with Crippen molar-refractivity contribution in [2.75, 3.05) is 13.1 Å². The number of carbonyl (C=O) groups is 1. The lowest BCUT2D eigenvalue weighted by Crippen LogP contribution is -2.30. The summed E-state index contributed by atoms with van der Waals surface area (Å²) >= 11 is 0. The van der Waals surface area contributed by atoms with Gasteiger partial charge in [-0.15, -0.1) is 0 Å². The predicted molar refractivity (Wildman–Crippen MR) is 80.8 cm³/mol. The number of carbonyl (C=O) groups excluding carboxylic acids is 1. The lowest BCUT2D eigenvalue weighted by molar-refractivity contribution is -0.131. The van der Waals surface area contributed by atoms with Crippen molar-refractivity contribution in [3.8, 4) is 11.8 Å². The summed E-state index contributed by atoms with van der Waals surface area (Å²) in [4.78, 5) is 14.0. The average Bonchev–Trinajstić information content (AvgIpc) is 2.62. The molecular weight excluding hydrogens is 267 g/mol. The lowest BCUT2D eigenvalue weighted by Gasteiger charge is -2.21. The maximum Gasteiger partial charge on any atom is 0.222 e. The molecule has 1 amide bonds. The first-order chi connectivity index (χ1) is 10.1. The van der Waals surface area contributed by atoms with Gasteiger partial charge in [0.15, 0.2) is 0 Å². The molecule has 0 spiro atoms. The summed E-state index contributed by atoms with van der Waals surface area (Å²) in [6.07, 6.45) is 2.54. The molecule has 4 heteroatoms. The van der Waals surface area contributed by atoms with Crippen molar-refractivity contribution >= 4 is 5.91 Å². The van der Waals surface area contributed by atoms with Crippen molar-refractivity contribution < 1.29 is 9.18 Å². The third kappa shape index (κ3) is 4.30. The number of amides is 1. The van der Waals surface area contributed by atoms with Crippen LogP contribution in [0.4, 0.5) is 4.39 Å². The zero-order valence-electron chi connectivity index (χ0n) is 12.4. The van der Waals surface area contributed by atoms with Gasteiger partial charge in [-0.2, -0.15) is 0 Å². The molecule has 3 nitrogen and oxygen atoms in total. The Morgan fingerprint density at radius 1 is 1.43 bits per heavy atom. The van der Waals surface area contributed by atoms with Crippen LogP contribution < -0.4 is 5.73 Å². The van der Waals surface area contributed by atoms with Crippen LogP contribution in [0.2, 0.25) is 0 Å². The van der Waals surface area contributed by atoms with E-state index in [4.69, 9.17) is 5.73 Å². The van der Waals surface area contributed by atoms with Crippen molar-refractivity contribution in [2.24, 2.45) is 11.7 Å². The Balaban J connectivity index is 2.20. The fourth-order valence-electron chi connectivity index (χ4n) is 2.50. The van der Waals surface area contributed by atoms with Gasteiger partial charge in [0.05, 0.1) is 6.54 Å². The smallest absolute Gasteiger partial charge is 0.222 e. The summed E-state index contributed by atoms with van der Waals surface area (Å²) in [6, 6.07) is 4.52. The van der Waals surface area contributed by atoms with Crippen LogP contribution in [0, 0.1) is 23.6 Å². The van der Waals surface area contributed by atoms with Crippen LogP contribution >= 0.6 is 0 Å². The number of halogens is 1. The third-order valence-corrected chi connectivity index (χ3v) is 3.85. The Hall–Kier alpha value is -1.86. The van der Waals surface area contributed by atoms with Gasteiger partial charge in [0, 0.05) is 25.1 Å². The fourth-order valence-corrected chi connectivity index (χ4v) is 2.50. The summed E-state index contributed by atoms with van der Waals surface area (Å²) in [7, 11) is 0. The maximum atomic E-state index is 13.4. The zero-order chi connectivity index (χ0) is 15.2. The Morgan fingerprint density at radius 3 is 3.00 bits per heavy atom. The van der Waals surface area contributed by atoms with Crippen molar-refractivity contribution in [3.05, 3.63) is 35.1 Å². The van der Waals surface area contributed by atoms with Gasteiger partial charge in [-0.1, -0.05) is 24.8 Å². The third-order valence-electron chi connectivity index (χ3n) is 3.85. The minimum absolute atomic E-state index is 0.168. The highest BCUT2D eigenvalue weighted by atomic mass is 19.1. The molecule has 1 unspecified atom stereocenters. The average molecular weight is 288 g/mol. The normalized spacial score (nSPS) is 18.9. The molecule has 1 fully saturated rings. The number of nitrogens with two attached hydrogens (primary N) is 1. The molecule has 1 saturated heterocycles. The number of rotatable bonds is 2. The van der Waals surface area contributed by atoms with Crippen LogP contribution in [0.5, 0.6) is 0 Å². The first-order valence-corrected chi connectivity index (χ1v) is 7.35. The largest absolute Gasteiger partial charge is 0.338 e. The van der Waals surface area contributed by atoms with Gasteiger partial charge < -0.3 is 10.6 Å². The van der Waals surface area contributed by atoms with Crippen molar-refractivity contribution in [2.45, 2.75) is 32.7 Å². The second-order valence-corrected chi connectivity index (χ2v) is 5.56. The topological polar surface area (TPSA) is 46.3 Å². The summed E-state index contributed by atoms with van der Waals surface area (Å²) in [5, 5.41) is 0. The molecule has 1 aliphatic rings. The van der Waals surface area contributed by atoms with E-state index < -0.39 is 0 Å². The molecule has 112 valence electrons. The highest BCUT2D eigenvalue weighted by Crippen LogP contribution is 2.20. The van der Waals surface area contributed by atoms with E-state index in [0.717, 1.165) is 24.9 Å². The molecule has 2 rings (SSSR count). The monoisotopic (exact) mass is 288 g/mol. The second kappa shape index (κ2) is 7.24. The minimum atomic E-state index is -0.323. The molecule has 1 aliphatic heterocycles. The summed E-state index contributed by atoms with van der Waals surface area (Å²) in [5.74, 6) is 6.05. The molecule has 21 heavy (non-hydrogen) atoms. The van der Waals surface area contributed by atoms with Gasteiger partial charge in [0.25, 0.3) is 0 Å². The molecule has 0 aliphatic carbocycles. The predicted octanol–water partition coefficient (Wildman–Crippen LogP) is 2.28. The van der Waals surface area contributed by atoms with Crippen molar-refractivity contribution in [1.82, 2.24) is 4.90 Å². The first-order valence-electron chi connectivity index (χ1n) is 7.35. The van der Waals surface area contributed by atoms with E-state index >= 15 is 0 Å². The van der Waals surface area contributed by atoms with Crippen LogP contribution in [-0.4, -0.2) is 23.9 Å². The molecule has 1 heterocycles.